The Bertz CT molecular complexity index is 465. The Morgan fingerprint density at radius 1 is 1.15 bits per heavy atom. The van der Waals surface area contributed by atoms with Crippen molar-refractivity contribution >= 4 is 19.5 Å². The van der Waals surface area contributed by atoms with Crippen LogP contribution in [0.15, 0.2) is 24.3 Å². The Hall–Kier alpha value is -1.17. The summed E-state index contributed by atoms with van der Waals surface area (Å²) in [5.41, 5.74) is 1.88. The first-order valence-corrected chi connectivity index (χ1v) is 9.27. The minimum atomic E-state index is -0.668. The van der Waals surface area contributed by atoms with Crippen molar-refractivity contribution < 1.29 is 9.90 Å². The maximum Gasteiger partial charge on any atom is 0.152 e. The molecular formula is C21H40BN2O2. The highest BCUT2D eigenvalue weighted by atomic mass is 16.3. The Morgan fingerprint density at radius 3 is 1.92 bits per heavy atom. The van der Waals surface area contributed by atoms with E-state index in [-0.39, 0.29) is 5.41 Å². The fraction of sp³-hybridized carbons (Fsp3) is 0.667. The average molecular weight is 363 g/mol. The van der Waals surface area contributed by atoms with Gasteiger partial charge in [-0.2, -0.15) is 0 Å². The van der Waals surface area contributed by atoms with Crippen molar-refractivity contribution in [2.24, 2.45) is 11.3 Å². The summed E-state index contributed by atoms with van der Waals surface area (Å²) in [7, 11) is 5.78. The summed E-state index contributed by atoms with van der Waals surface area (Å²) in [6, 6.07) is 8.87. The first-order chi connectivity index (χ1) is 11.9. The number of benzene rings is 1. The summed E-state index contributed by atoms with van der Waals surface area (Å²) in [5, 5.41) is 11.7. The molecule has 1 atom stereocenters. The highest BCUT2D eigenvalue weighted by Crippen LogP contribution is 2.33. The van der Waals surface area contributed by atoms with Gasteiger partial charge in [0.2, 0.25) is 0 Å². The molecule has 0 fully saturated rings. The molecule has 0 bridgehead atoms. The van der Waals surface area contributed by atoms with Crippen LogP contribution in [0.25, 0.3) is 0 Å². The number of carbonyl (C=O) groups is 1. The van der Waals surface area contributed by atoms with Crippen LogP contribution in [0.5, 0.6) is 0 Å². The minimum absolute atomic E-state index is 0.124. The molecule has 26 heavy (non-hydrogen) atoms. The topological polar surface area (TPSA) is 66.6 Å². The predicted octanol–water partition coefficient (Wildman–Crippen LogP) is 3.37. The van der Waals surface area contributed by atoms with Gasteiger partial charge in [-0.25, -0.2) is 0 Å². The van der Waals surface area contributed by atoms with Crippen LogP contribution in [0.2, 0.25) is 6.32 Å². The van der Waals surface area contributed by atoms with Gasteiger partial charge >= 0.3 is 0 Å². The molecule has 3 N–H and O–H groups in total. The molecule has 1 unspecified atom stereocenters. The SMILES string of the molecule is C=O.CCCC(C)c1ccc([B]CC(C)(C)C(C)(C)O)cc1.CN(C)N. The van der Waals surface area contributed by atoms with E-state index in [9.17, 15) is 5.11 Å². The van der Waals surface area contributed by atoms with E-state index < -0.39 is 5.60 Å². The number of hydrazine groups is 1. The average Bonchev–Trinajstić information content (AvgIpc) is 2.54. The Morgan fingerprint density at radius 2 is 1.58 bits per heavy atom. The molecule has 0 saturated heterocycles. The molecule has 0 amide bonds. The molecule has 0 saturated carbocycles. The summed E-state index contributed by atoms with van der Waals surface area (Å²) >= 11 is 0. The largest absolute Gasteiger partial charge is 0.390 e. The van der Waals surface area contributed by atoms with Gasteiger partial charge in [-0.1, -0.05) is 70.2 Å². The molecule has 0 heterocycles. The summed E-state index contributed by atoms with van der Waals surface area (Å²) in [6.45, 7) is 14.5. The van der Waals surface area contributed by atoms with Gasteiger partial charge in [0, 0.05) is 14.1 Å². The van der Waals surface area contributed by atoms with Crippen LogP contribution >= 0.6 is 0 Å². The number of nitrogens with two attached hydrogens (primary N) is 1. The first-order valence-electron chi connectivity index (χ1n) is 9.27. The number of hydrogen-bond acceptors (Lipinski definition) is 4. The molecule has 5 heteroatoms. The van der Waals surface area contributed by atoms with Gasteiger partial charge in [0.1, 0.15) is 6.79 Å². The van der Waals surface area contributed by atoms with E-state index in [4.69, 9.17) is 10.6 Å². The highest BCUT2D eigenvalue weighted by Gasteiger charge is 2.34. The third-order valence-electron chi connectivity index (χ3n) is 4.73. The normalized spacial score (nSPS) is 12.4. The minimum Gasteiger partial charge on any atom is -0.390 e. The van der Waals surface area contributed by atoms with Crippen molar-refractivity contribution in [1.29, 1.82) is 0 Å². The van der Waals surface area contributed by atoms with Crippen molar-refractivity contribution in [2.75, 3.05) is 14.1 Å². The number of rotatable bonds is 7. The summed E-state index contributed by atoms with van der Waals surface area (Å²) < 4.78 is 0. The fourth-order valence-electron chi connectivity index (χ4n) is 2.18. The van der Waals surface area contributed by atoms with Crippen molar-refractivity contribution in [3.8, 4) is 0 Å². The van der Waals surface area contributed by atoms with Crippen LogP contribution in [0.3, 0.4) is 0 Å². The summed E-state index contributed by atoms with van der Waals surface area (Å²) in [4.78, 5) is 8.00. The summed E-state index contributed by atoms with van der Waals surface area (Å²) in [5.74, 6) is 5.59. The molecule has 0 aliphatic heterocycles. The number of aliphatic hydroxyl groups is 1. The first kappa shape index (κ1) is 27.1. The van der Waals surface area contributed by atoms with Gasteiger partial charge in [-0.05, 0) is 37.2 Å². The fourth-order valence-corrected chi connectivity index (χ4v) is 2.18. The molecule has 0 spiro atoms. The van der Waals surface area contributed by atoms with Gasteiger partial charge in [0.25, 0.3) is 0 Å². The van der Waals surface area contributed by atoms with Crippen LogP contribution < -0.4 is 11.3 Å². The van der Waals surface area contributed by atoms with E-state index in [1.165, 1.54) is 28.9 Å². The molecule has 1 aromatic rings. The van der Waals surface area contributed by atoms with E-state index in [0.29, 0.717) is 5.92 Å². The third-order valence-corrected chi connectivity index (χ3v) is 4.73. The second kappa shape index (κ2) is 13.1. The van der Waals surface area contributed by atoms with Gasteiger partial charge in [-0.3, -0.25) is 10.9 Å². The van der Waals surface area contributed by atoms with Crippen molar-refractivity contribution in [3.63, 3.8) is 0 Å². The number of nitrogens with zero attached hydrogens (tertiary/aromatic N) is 1. The molecule has 1 radical (unpaired) electrons. The molecule has 1 rings (SSSR count). The number of carbonyl (C=O) groups excluding carboxylic acids is 1. The lowest BCUT2D eigenvalue weighted by atomic mass is 9.56. The summed E-state index contributed by atoms with van der Waals surface area (Å²) in [6.07, 6.45) is 3.35. The van der Waals surface area contributed by atoms with E-state index in [0.717, 1.165) is 6.32 Å². The number of hydrogen-bond donors (Lipinski definition) is 2. The van der Waals surface area contributed by atoms with E-state index in [1.807, 2.05) is 20.6 Å². The van der Waals surface area contributed by atoms with Gasteiger partial charge in [-0.15, -0.1) is 0 Å². The van der Waals surface area contributed by atoms with Crippen LogP contribution in [0.4, 0.5) is 0 Å². The van der Waals surface area contributed by atoms with E-state index >= 15 is 0 Å². The van der Waals surface area contributed by atoms with Crippen molar-refractivity contribution in [3.05, 3.63) is 29.8 Å². The van der Waals surface area contributed by atoms with Crippen LogP contribution in [0.1, 0.15) is 65.9 Å². The molecule has 0 aliphatic rings. The lowest BCUT2D eigenvalue weighted by Crippen LogP contribution is -2.40. The van der Waals surface area contributed by atoms with Gasteiger partial charge < -0.3 is 9.90 Å². The third kappa shape index (κ3) is 11.5. The smallest absolute Gasteiger partial charge is 0.152 e. The quantitative estimate of drug-likeness (QED) is 0.443. The van der Waals surface area contributed by atoms with Gasteiger partial charge in [0.05, 0.1) is 5.60 Å². The Labute approximate surface area is 162 Å². The zero-order valence-electron chi connectivity index (χ0n) is 18.2. The molecule has 0 aromatic heterocycles. The molecule has 149 valence electrons. The van der Waals surface area contributed by atoms with Gasteiger partial charge in [0.15, 0.2) is 7.28 Å². The van der Waals surface area contributed by atoms with Crippen molar-refractivity contribution in [1.82, 2.24) is 5.01 Å². The Kier molecular flexibility index (Phi) is 13.6. The Balaban J connectivity index is 0. The van der Waals surface area contributed by atoms with Crippen LogP contribution in [0, 0.1) is 5.41 Å². The van der Waals surface area contributed by atoms with Crippen molar-refractivity contribution in [2.45, 2.75) is 72.2 Å². The van der Waals surface area contributed by atoms with Crippen LogP contribution in [-0.2, 0) is 4.79 Å². The van der Waals surface area contributed by atoms with E-state index in [1.54, 1.807) is 14.1 Å². The predicted molar refractivity (Wildman–Crippen MR) is 115 cm³/mol. The second-order valence-corrected chi connectivity index (χ2v) is 8.17. The highest BCUT2D eigenvalue weighted by molar-refractivity contribution is 6.53. The lowest BCUT2D eigenvalue weighted by Gasteiger charge is -2.37. The monoisotopic (exact) mass is 363 g/mol. The molecule has 1 aromatic carbocycles. The van der Waals surface area contributed by atoms with Crippen LogP contribution in [-0.4, -0.2) is 43.9 Å². The maximum atomic E-state index is 10.2. The molecule has 4 nitrogen and oxygen atoms in total. The zero-order valence-corrected chi connectivity index (χ0v) is 18.2. The molecule has 0 aliphatic carbocycles. The maximum absolute atomic E-state index is 10.2. The lowest BCUT2D eigenvalue weighted by molar-refractivity contribution is -0.0980. The molecular weight excluding hydrogens is 323 g/mol. The zero-order chi connectivity index (χ0) is 21.0. The second-order valence-electron chi connectivity index (χ2n) is 8.17. The standard InChI is InChI=1S/C18H30BO.C2H8N2.CH2O/c1-7-8-14(2)15-9-11-16(12-10-15)19-13-17(3,4)18(5,6)20;1-4(2)3;1-2/h9-12,14,20H,7-8,13H2,1-6H3;3H2,1-2H3;1H2. The van der Waals surface area contributed by atoms with E-state index in [2.05, 4.69) is 59.2 Å².